The highest BCUT2D eigenvalue weighted by molar-refractivity contribution is 4.92. The molecular weight excluding hydrogens is 402 g/mol. The number of rotatable bonds is 26. The second kappa shape index (κ2) is 27.6. The third kappa shape index (κ3) is 25.9. The van der Waals surface area contributed by atoms with Crippen LogP contribution in [0.4, 0.5) is 0 Å². The summed E-state index contributed by atoms with van der Waals surface area (Å²) in [6.45, 7) is 6.40. The molecule has 0 aliphatic rings. The molecule has 1 atom stereocenters. The van der Waals surface area contributed by atoms with Crippen molar-refractivity contribution in [2.75, 3.05) is 27.3 Å². The highest BCUT2D eigenvalue weighted by Gasteiger charge is 2.11. The second-order valence-corrected chi connectivity index (χ2v) is 10.2. The van der Waals surface area contributed by atoms with Crippen LogP contribution < -0.4 is 0 Å². The number of unbranched alkanes of at least 4 members (excludes halogenated alkanes) is 15. The monoisotopic (exact) mass is 463 g/mol. The second-order valence-electron chi connectivity index (χ2n) is 10.2. The summed E-state index contributed by atoms with van der Waals surface area (Å²) in [6, 6.07) is 0.588. The molecule has 0 amide bonds. The predicted molar refractivity (Wildman–Crippen MR) is 150 cm³/mol. The van der Waals surface area contributed by atoms with Crippen LogP contribution in [0.1, 0.15) is 142 Å². The third-order valence-corrected chi connectivity index (χ3v) is 6.67. The molecule has 0 saturated carbocycles. The molecule has 1 unspecified atom stereocenters. The zero-order valence-corrected chi connectivity index (χ0v) is 23.3. The standard InChI is InChI=1S/C31H61NO/c1-5-7-9-11-13-14-15-16-17-18-19-20-21-23-25-27-29-33-30-31(32(3)4)28-26-24-22-12-10-8-6-2/h13-14,16-17,31H,5-12,15,18-30H2,1-4H3/b14-13-,17-16-. The Morgan fingerprint density at radius 1 is 0.576 bits per heavy atom. The number of likely N-dealkylation sites (N-methyl/N-ethyl adjacent to an activating group) is 1. The van der Waals surface area contributed by atoms with Gasteiger partial charge in [-0.25, -0.2) is 0 Å². The van der Waals surface area contributed by atoms with Gasteiger partial charge in [-0.1, -0.05) is 122 Å². The molecule has 0 aliphatic carbocycles. The average molecular weight is 464 g/mol. The van der Waals surface area contributed by atoms with Crippen molar-refractivity contribution in [2.45, 2.75) is 148 Å². The summed E-state index contributed by atoms with van der Waals surface area (Å²) in [6.07, 6.45) is 36.0. The topological polar surface area (TPSA) is 12.5 Å². The molecule has 0 aromatic heterocycles. The Hall–Kier alpha value is -0.600. The molecule has 0 spiro atoms. The molecule has 0 aromatic rings. The number of hydrogen-bond acceptors (Lipinski definition) is 2. The molecule has 0 bridgehead atoms. The number of hydrogen-bond donors (Lipinski definition) is 0. The lowest BCUT2D eigenvalue weighted by Gasteiger charge is -2.24. The van der Waals surface area contributed by atoms with E-state index >= 15 is 0 Å². The Balaban J connectivity index is 3.44. The summed E-state index contributed by atoms with van der Waals surface area (Å²) in [5.74, 6) is 0. The molecular formula is C31H61NO. The van der Waals surface area contributed by atoms with E-state index in [0.29, 0.717) is 6.04 Å². The largest absolute Gasteiger partial charge is 0.380 e. The van der Waals surface area contributed by atoms with Crippen LogP contribution >= 0.6 is 0 Å². The number of nitrogens with zero attached hydrogens (tertiary/aromatic N) is 1. The summed E-state index contributed by atoms with van der Waals surface area (Å²) in [4.78, 5) is 2.36. The molecule has 0 rings (SSSR count). The summed E-state index contributed by atoms with van der Waals surface area (Å²) in [5, 5.41) is 0. The first-order valence-electron chi connectivity index (χ1n) is 14.8. The van der Waals surface area contributed by atoms with E-state index in [9.17, 15) is 0 Å². The lowest BCUT2D eigenvalue weighted by Crippen LogP contribution is -2.32. The SMILES string of the molecule is CCCCC/C=C\C/C=C\CCCCCCCCOCC(CCCCCCCCC)N(C)C. The Morgan fingerprint density at radius 2 is 1.06 bits per heavy atom. The van der Waals surface area contributed by atoms with Crippen molar-refractivity contribution in [3.8, 4) is 0 Å². The smallest absolute Gasteiger partial charge is 0.0621 e. The van der Waals surface area contributed by atoms with Crippen LogP contribution in [0, 0.1) is 0 Å². The minimum absolute atomic E-state index is 0.588. The summed E-state index contributed by atoms with van der Waals surface area (Å²) in [5.41, 5.74) is 0. The van der Waals surface area contributed by atoms with E-state index < -0.39 is 0 Å². The van der Waals surface area contributed by atoms with E-state index in [-0.39, 0.29) is 0 Å². The van der Waals surface area contributed by atoms with E-state index in [1.165, 1.54) is 122 Å². The van der Waals surface area contributed by atoms with Crippen molar-refractivity contribution in [2.24, 2.45) is 0 Å². The zero-order chi connectivity index (χ0) is 24.2. The van der Waals surface area contributed by atoms with Gasteiger partial charge in [-0.15, -0.1) is 0 Å². The highest BCUT2D eigenvalue weighted by atomic mass is 16.5. The average Bonchev–Trinajstić information content (AvgIpc) is 2.81. The molecule has 196 valence electrons. The van der Waals surface area contributed by atoms with Crippen molar-refractivity contribution in [1.82, 2.24) is 4.90 Å². The van der Waals surface area contributed by atoms with Crippen LogP contribution in [0.15, 0.2) is 24.3 Å². The zero-order valence-electron chi connectivity index (χ0n) is 23.3. The fourth-order valence-corrected chi connectivity index (χ4v) is 4.24. The van der Waals surface area contributed by atoms with E-state index in [0.717, 1.165) is 19.6 Å². The Kier molecular flexibility index (Phi) is 27.1. The van der Waals surface area contributed by atoms with Gasteiger partial charge in [0.2, 0.25) is 0 Å². The maximum atomic E-state index is 6.03. The van der Waals surface area contributed by atoms with Gasteiger partial charge >= 0.3 is 0 Å². The van der Waals surface area contributed by atoms with Crippen molar-refractivity contribution >= 4 is 0 Å². The van der Waals surface area contributed by atoms with Gasteiger partial charge in [0.25, 0.3) is 0 Å². The van der Waals surface area contributed by atoms with E-state index in [4.69, 9.17) is 4.74 Å². The lowest BCUT2D eigenvalue weighted by atomic mass is 10.0. The third-order valence-electron chi connectivity index (χ3n) is 6.67. The molecule has 0 aliphatic heterocycles. The van der Waals surface area contributed by atoms with Crippen molar-refractivity contribution in [3.05, 3.63) is 24.3 Å². The summed E-state index contributed by atoms with van der Waals surface area (Å²) >= 11 is 0. The fraction of sp³-hybridized carbons (Fsp3) is 0.871. The van der Waals surface area contributed by atoms with Crippen molar-refractivity contribution in [1.29, 1.82) is 0 Å². The van der Waals surface area contributed by atoms with Gasteiger partial charge in [-0.2, -0.15) is 0 Å². The van der Waals surface area contributed by atoms with Crippen molar-refractivity contribution in [3.63, 3.8) is 0 Å². The maximum Gasteiger partial charge on any atom is 0.0621 e. The lowest BCUT2D eigenvalue weighted by molar-refractivity contribution is 0.0721. The number of allylic oxidation sites excluding steroid dienone is 4. The molecule has 0 N–H and O–H groups in total. The minimum Gasteiger partial charge on any atom is -0.380 e. The minimum atomic E-state index is 0.588. The Morgan fingerprint density at radius 3 is 1.67 bits per heavy atom. The molecule has 0 radical (unpaired) electrons. The Labute approximate surface area is 209 Å². The van der Waals surface area contributed by atoms with Crippen molar-refractivity contribution < 1.29 is 4.74 Å². The first kappa shape index (κ1) is 32.4. The van der Waals surface area contributed by atoms with Crippen LogP contribution in [0.5, 0.6) is 0 Å². The molecule has 0 saturated heterocycles. The van der Waals surface area contributed by atoms with Crippen LogP contribution in [0.2, 0.25) is 0 Å². The molecule has 0 fully saturated rings. The number of ether oxygens (including phenoxy) is 1. The predicted octanol–water partition coefficient (Wildman–Crippen LogP) is 9.89. The van der Waals surface area contributed by atoms with Gasteiger partial charge in [0.15, 0.2) is 0 Å². The molecule has 2 heteroatoms. The quantitative estimate of drug-likeness (QED) is 0.0934. The van der Waals surface area contributed by atoms with E-state index in [1.807, 2.05) is 0 Å². The Bertz CT molecular complexity index is 415. The van der Waals surface area contributed by atoms with Gasteiger partial charge in [-0.3, -0.25) is 0 Å². The van der Waals surface area contributed by atoms with E-state index in [2.05, 4.69) is 57.1 Å². The van der Waals surface area contributed by atoms with E-state index in [1.54, 1.807) is 0 Å². The molecule has 2 nitrogen and oxygen atoms in total. The first-order valence-corrected chi connectivity index (χ1v) is 14.8. The van der Waals surface area contributed by atoms with Crippen LogP contribution in [0.25, 0.3) is 0 Å². The van der Waals surface area contributed by atoms with Gasteiger partial charge in [0.1, 0.15) is 0 Å². The van der Waals surface area contributed by atoms with Gasteiger partial charge < -0.3 is 9.64 Å². The van der Waals surface area contributed by atoms with Gasteiger partial charge in [0.05, 0.1) is 6.61 Å². The van der Waals surface area contributed by atoms with Crippen LogP contribution in [0.3, 0.4) is 0 Å². The van der Waals surface area contributed by atoms with Crippen LogP contribution in [-0.2, 0) is 4.74 Å². The first-order chi connectivity index (χ1) is 16.2. The van der Waals surface area contributed by atoms with Crippen LogP contribution in [-0.4, -0.2) is 38.3 Å². The summed E-state index contributed by atoms with van der Waals surface area (Å²) < 4.78 is 6.03. The fourth-order valence-electron chi connectivity index (χ4n) is 4.24. The molecule has 0 heterocycles. The molecule has 33 heavy (non-hydrogen) atoms. The molecule has 0 aromatic carbocycles. The normalized spacial score (nSPS) is 13.1. The summed E-state index contributed by atoms with van der Waals surface area (Å²) in [7, 11) is 4.41. The van der Waals surface area contributed by atoms with Gasteiger partial charge in [0, 0.05) is 12.6 Å². The maximum absolute atomic E-state index is 6.03. The highest BCUT2D eigenvalue weighted by Crippen LogP contribution is 2.13. The van der Waals surface area contributed by atoms with Gasteiger partial charge in [-0.05, 0) is 59.0 Å².